The molecule has 0 spiro atoms. The maximum atomic E-state index is 12.4. The van der Waals surface area contributed by atoms with Gasteiger partial charge in [0.15, 0.2) is 0 Å². The van der Waals surface area contributed by atoms with Gasteiger partial charge in [0.25, 0.3) is 5.91 Å². The normalized spacial score (nSPS) is 13.4. The Morgan fingerprint density at radius 3 is 2.60 bits per heavy atom. The molecule has 0 bridgehead atoms. The number of carbonyl (C=O) groups is 2. The summed E-state index contributed by atoms with van der Waals surface area (Å²) in [7, 11) is 1.33. The van der Waals surface area contributed by atoms with Crippen molar-refractivity contribution in [2.75, 3.05) is 7.11 Å². The second-order valence-corrected chi connectivity index (χ2v) is 5.90. The number of esters is 1. The smallest absolute Gasteiger partial charge is 0.331 e. The number of carbonyl (C=O) groups excluding carboxylic acids is 2. The quantitative estimate of drug-likeness (QED) is 0.836. The molecule has 1 unspecified atom stereocenters. The Labute approximate surface area is 128 Å². The average Bonchev–Trinajstić information content (AvgIpc) is 2.40. The number of hydrogen-bond donors (Lipinski definition) is 1. The first-order valence-electron chi connectivity index (χ1n) is 6.51. The number of benzene rings is 1. The third-order valence-corrected chi connectivity index (χ3v) is 3.71. The van der Waals surface area contributed by atoms with E-state index in [1.807, 2.05) is 26.0 Å². The van der Waals surface area contributed by atoms with Gasteiger partial charge in [0.1, 0.15) is 5.54 Å². The highest BCUT2D eigenvalue weighted by Crippen LogP contribution is 2.19. The summed E-state index contributed by atoms with van der Waals surface area (Å²) < 4.78 is 5.62. The molecule has 110 valence electrons. The van der Waals surface area contributed by atoms with Gasteiger partial charge in [-0.1, -0.05) is 35.3 Å². The van der Waals surface area contributed by atoms with E-state index < -0.39 is 11.5 Å². The Balaban J connectivity index is 3.02. The van der Waals surface area contributed by atoms with Crippen LogP contribution in [-0.4, -0.2) is 24.5 Å². The maximum Gasteiger partial charge on any atom is 0.331 e. The van der Waals surface area contributed by atoms with Crippen molar-refractivity contribution in [3.63, 3.8) is 0 Å². The van der Waals surface area contributed by atoms with Crippen molar-refractivity contribution in [1.82, 2.24) is 5.32 Å². The summed E-state index contributed by atoms with van der Waals surface area (Å²) in [4.78, 5) is 24.3. The lowest BCUT2D eigenvalue weighted by Crippen LogP contribution is -2.52. The van der Waals surface area contributed by atoms with E-state index in [4.69, 9.17) is 4.74 Å². The van der Waals surface area contributed by atoms with Gasteiger partial charge in [-0.3, -0.25) is 4.79 Å². The SMILES string of the molecule is CCCC(C)(NC(=O)c1cc(Br)ccc1C)C(=O)OC. The number of aryl methyl sites for hydroxylation is 1. The van der Waals surface area contributed by atoms with Crippen molar-refractivity contribution in [2.45, 2.75) is 39.2 Å². The minimum atomic E-state index is -1.00. The van der Waals surface area contributed by atoms with Gasteiger partial charge < -0.3 is 10.1 Å². The van der Waals surface area contributed by atoms with Crippen LogP contribution in [0, 0.1) is 6.92 Å². The summed E-state index contributed by atoms with van der Waals surface area (Å²) in [5, 5.41) is 2.80. The zero-order chi connectivity index (χ0) is 15.3. The molecule has 20 heavy (non-hydrogen) atoms. The van der Waals surface area contributed by atoms with Crippen LogP contribution in [0.15, 0.2) is 22.7 Å². The van der Waals surface area contributed by atoms with Crippen LogP contribution >= 0.6 is 15.9 Å². The number of halogens is 1. The molecule has 0 aliphatic carbocycles. The van der Waals surface area contributed by atoms with Gasteiger partial charge in [0.2, 0.25) is 0 Å². The molecule has 1 aromatic rings. The van der Waals surface area contributed by atoms with Crippen molar-refractivity contribution in [1.29, 1.82) is 0 Å². The highest BCUT2D eigenvalue weighted by Gasteiger charge is 2.35. The zero-order valence-electron chi connectivity index (χ0n) is 12.2. The van der Waals surface area contributed by atoms with Crippen LogP contribution < -0.4 is 5.32 Å². The van der Waals surface area contributed by atoms with E-state index in [1.54, 1.807) is 13.0 Å². The van der Waals surface area contributed by atoms with E-state index in [2.05, 4.69) is 21.2 Å². The van der Waals surface area contributed by atoms with Crippen molar-refractivity contribution < 1.29 is 14.3 Å². The summed E-state index contributed by atoms with van der Waals surface area (Å²) in [6, 6.07) is 5.47. The molecule has 1 atom stereocenters. The summed E-state index contributed by atoms with van der Waals surface area (Å²) >= 11 is 3.35. The van der Waals surface area contributed by atoms with Gasteiger partial charge in [-0.2, -0.15) is 0 Å². The number of ether oxygens (including phenoxy) is 1. The predicted molar refractivity (Wildman–Crippen MR) is 81.7 cm³/mol. The zero-order valence-corrected chi connectivity index (χ0v) is 13.8. The van der Waals surface area contributed by atoms with E-state index in [9.17, 15) is 9.59 Å². The Morgan fingerprint density at radius 1 is 1.40 bits per heavy atom. The van der Waals surface area contributed by atoms with E-state index in [-0.39, 0.29) is 5.91 Å². The van der Waals surface area contributed by atoms with Crippen LogP contribution in [0.25, 0.3) is 0 Å². The predicted octanol–water partition coefficient (Wildman–Crippen LogP) is 3.22. The molecule has 0 saturated heterocycles. The van der Waals surface area contributed by atoms with Crippen LogP contribution in [0.1, 0.15) is 42.6 Å². The lowest BCUT2D eigenvalue weighted by molar-refractivity contribution is -0.147. The fourth-order valence-corrected chi connectivity index (χ4v) is 2.46. The Morgan fingerprint density at radius 2 is 2.05 bits per heavy atom. The van der Waals surface area contributed by atoms with Crippen LogP contribution in [0.5, 0.6) is 0 Å². The minimum Gasteiger partial charge on any atom is -0.467 e. The first-order valence-corrected chi connectivity index (χ1v) is 7.30. The van der Waals surface area contributed by atoms with Gasteiger partial charge in [0, 0.05) is 10.0 Å². The molecule has 0 aromatic heterocycles. The summed E-state index contributed by atoms with van der Waals surface area (Å²) in [6.45, 7) is 5.50. The van der Waals surface area contributed by atoms with Crippen molar-refractivity contribution >= 4 is 27.8 Å². The monoisotopic (exact) mass is 341 g/mol. The molecule has 0 aliphatic heterocycles. The van der Waals surface area contributed by atoms with Crippen LogP contribution in [-0.2, 0) is 9.53 Å². The third kappa shape index (κ3) is 3.82. The molecule has 1 amide bonds. The lowest BCUT2D eigenvalue weighted by Gasteiger charge is -2.27. The molecular formula is C15H20BrNO3. The van der Waals surface area contributed by atoms with E-state index in [0.717, 1.165) is 16.5 Å². The number of rotatable bonds is 5. The lowest BCUT2D eigenvalue weighted by atomic mass is 9.95. The molecule has 0 heterocycles. The summed E-state index contributed by atoms with van der Waals surface area (Å²) in [6.07, 6.45) is 1.29. The van der Waals surface area contributed by atoms with Gasteiger partial charge in [-0.25, -0.2) is 4.79 Å². The van der Waals surface area contributed by atoms with Crippen LogP contribution in [0.2, 0.25) is 0 Å². The molecule has 0 fully saturated rings. The molecular weight excluding hydrogens is 322 g/mol. The van der Waals surface area contributed by atoms with E-state index in [0.29, 0.717) is 12.0 Å². The third-order valence-electron chi connectivity index (χ3n) is 3.22. The fraction of sp³-hybridized carbons (Fsp3) is 0.467. The Bertz CT molecular complexity index is 516. The van der Waals surface area contributed by atoms with Crippen LogP contribution in [0.3, 0.4) is 0 Å². The molecule has 1 N–H and O–H groups in total. The maximum absolute atomic E-state index is 12.4. The fourth-order valence-electron chi connectivity index (χ4n) is 2.10. The largest absolute Gasteiger partial charge is 0.467 e. The first kappa shape index (κ1) is 16.7. The van der Waals surface area contributed by atoms with Crippen molar-refractivity contribution in [2.24, 2.45) is 0 Å². The average molecular weight is 342 g/mol. The van der Waals surface area contributed by atoms with Crippen LogP contribution in [0.4, 0.5) is 0 Å². The topological polar surface area (TPSA) is 55.4 Å². The first-order chi connectivity index (χ1) is 9.34. The van der Waals surface area contributed by atoms with Gasteiger partial charge in [-0.15, -0.1) is 0 Å². The van der Waals surface area contributed by atoms with Gasteiger partial charge >= 0.3 is 5.97 Å². The number of amides is 1. The standard InChI is InChI=1S/C15H20BrNO3/c1-5-8-15(3,14(19)20-4)17-13(18)12-9-11(16)7-6-10(12)2/h6-7,9H,5,8H2,1-4H3,(H,17,18). The number of nitrogens with one attached hydrogen (secondary N) is 1. The van der Waals surface area contributed by atoms with Crippen molar-refractivity contribution in [3.8, 4) is 0 Å². The molecule has 0 saturated carbocycles. The van der Waals surface area contributed by atoms with Gasteiger partial charge in [0.05, 0.1) is 7.11 Å². The molecule has 4 nitrogen and oxygen atoms in total. The minimum absolute atomic E-state index is 0.273. The highest BCUT2D eigenvalue weighted by molar-refractivity contribution is 9.10. The van der Waals surface area contributed by atoms with Crippen molar-refractivity contribution in [3.05, 3.63) is 33.8 Å². The molecule has 5 heteroatoms. The summed E-state index contributed by atoms with van der Waals surface area (Å²) in [5.41, 5.74) is 0.398. The second kappa shape index (κ2) is 6.88. The highest BCUT2D eigenvalue weighted by atomic mass is 79.9. The molecule has 1 aromatic carbocycles. The second-order valence-electron chi connectivity index (χ2n) is 4.99. The van der Waals surface area contributed by atoms with E-state index >= 15 is 0 Å². The Kier molecular flexibility index (Phi) is 5.74. The molecule has 0 aliphatic rings. The summed E-state index contributed by atoms with van der Waals surface area (Å²) in [5.74, 6) is -0.703. The number of methoxy groups -OCH3 is 1. The van der Waals surface area contributed by atoms with E-state index in [1.165, 1.54) is 7.11 Å². The number of hydrogen-bond acceptors (Lipinski definition) is 3. The van der Waals surface area contributed by atoms with Gasteiger partial charge in [-0.05, 0) is 38.0 Å². The molecule has 0 radical (unpaired) electrons. The molecule has 1 rings (SSSR count). The Hall–Kier alpha value is -1.36.